The molecule has 0 spiro atoms. The average Bonchev–Trinajstić information content (AvgIpc) is 3.37. The van der Waals surface area contributed by atoms with Gasteiger partial charge in [0.05, 0.1) is 17.5 Å². The number of imidazole rings is 1. The monoisotopic (exact) mass is 428 g/mol. The summed E-state index contributed by atoms with van der Waals surface area (Å²) >= 11 is 0. The number of benzene rings is 2. The fourth-order valence-electron chi connectivity index (χ4n) is 3.62. The molecule has 0 atom stereocenters. The Hall–Kier alpha value is -4.05. The lowest BCUT2D eigenvalue weighted by Gasteiger charge is -2.11. The molecule has 0 aliphatic rings. The highest BCUT2D eigenvalue weighted by atomic mass is 19.3. The largest absolute Gasteiger partial charge is 0.355 e. The van der Waals surface area contributed by atoms with Gasteiger partial charge in [-0.15, -0.1) is 0 Å². The first kappa shape index (κ1) is 19.9. The Morgan fingerprint density at radius 1 is 1.09 bits per heavy atom. The SMILES string of the molecule is Cc1ccc2c(Cc3cccc(C(C)(F)F)c3)noc2c1C#Cc1cnc2cccnn12. The smallest absolute Gasteiger partial charge is 0.270 e. The van der Waals surface area contributed by atoms with Gasteiger partial charge in [0.2, 0.25) is 0 Å². The Morgan fingerprint density at radius 3 is 2.81 bits per heavy atom. The average molecular weight is 428 g/mol. The van der Waals surface area contributed by atoms with Crippen molar-refractivity contribution in [1.82, 2.24) is 19.8 Å². The van der Waals surface area contributed by atoms with E-state index in [1.807, 2.05) is 37.3 Å². The van der Waals surface area contributed by atoms with Gasteiger partial charge < -0.3 is 4.52 Å². The lowest BCUT2D eigenvalue weighted by atomic mass is 10.00. The van der Waals surface area contributed by atoms with Crippen LogP contribution in [0.3, 0.4) is 0 Å². The van der Waals surface area contributed by atoms with E-state index in [1.54, 1.807) is 23.0 Å². The normalized spacial score (nSPS) is 11.6. The molecule has 5 rings (SSSR count). The molecule has 158 valence electrons. The molecule has 5 nitrogen and oxygen atoms in total. The van der Waals surface area contributed by atoms with Crippen LogP contribution in [0.1, 0.15) is 40.6 Å². The minimum Gasteiger partial charge on any atom is -0.355 e. The summed E-state index contributed by atoms with van der Waals surface area (Å²) in [4.78, 5) is 4.30. The van der Waals surface area contributed by atoms with Crippen LogP contribution in [0, 0.1) is 18.8 Å². The highest BCUT2D eigenvalue weighted by Crippen LogP contribution is 2.30. The molecule has 0 aliphatic carbocycles. The molecule has 7 heteroatoms. The van der Waals surface area contributed by atoms with E-state index < -0.39 is 5.92 Å². The fraction of sp³-hybridized carbons (Fsp3) is 0.160. The Morgan fingerprint density at radius 2 is 1.97 bits per heavy atom. The maximum Gasteiger partial charge on any atom is 0.270 e. The van der Waals surface area contributed by atoms with Crippen molar-refractivity contribution < 1.29 is 13.3 Å². The number of aryl methyl sites for hydroxylation is 1. The van der Waals surface area contributed by atoms with Crippen LogP contribution in [0.4, 0.5) is 8.78 Å². The Bertz CT molecular complexity index is 1520. The van der Waals surface area contributed by atoms with Crippen molar-refractivity contribution in [2.24, 2.45) is 0 Å². The van der Waals surface area contributed by atoms with Crippen LogP contribution in [0.2, 0.25) is 0 Å². The molecule has 0 bridgehead atoms. The summed E-state index contributed by atoms with van der Waals surface area (Å²) in [6.45, 7) is 2.84. The number of aromatic nitrogens is 4. The second kappa shape index (κ2) is 7.57. The van der Waals surface area contributed by atoms with Crippen LogP contribution in [-0.4, -0.2) is 19.8 Å². The van der Waals surface area contributed by atoms with Gasteiger partial charge in [-0.2, -0.15) is 5.10 Å². The molecule has 0 fully saturated rings. The van der Waals surface area contributed by atoms with Gasteiger partial charge in [-0.05, 0) is 48.2 Å². The van der Waals surface area contributed by atoms with E-state index in [1.165, 1.54) is 12.1 Å². The zero-order valence-electron chi connectivity index (χ0n) is 17.4. The van der Waals surface area contributed by atoms with Crippen LogP contribution in [-0.2, 0) is 12.3 Å². The number of alkyl halides is 2. The summed E-state index contributed by atoms with van der Waals surface area (Å²) < 4.78 is 34.7. The third kappa shape index (κ3) is 3.60. The molecule has 0 N–H and O–H groups in total. The predicted octanol–water partition coefficient (Wildman–Crippen LogP) is 5.28. The van der Waals surface area contributed by atoms with Gasteiger partial charge in [-0.3, -0.25) is 0 Å². The summed E-state index contributed by atoms with van der Waals surface area (Å²) in [5.74, 6) is 3.40. The second-order valence-electron chi connectivity index (χ2n) is 7.72. The summed E-state index contributed by atoms with van der Waals surface area (Å²) in [5, 5.41) is 9.30. The molecule has 0 amide bonds. The number of halogens is 2. The first-order valence-corrected chi connectivity index (χ1v) is 10.1. The molecular formula is C25H18F2N4O. The molecule has 0 radical (unpaired) electrons. The third-order valence-corrected chi connectivity index (χ3v) is 5.32. The summed E-state index contributed by atoms with van der Waals surface area (Å²) in [6, 6.07) is 13.9. The van der Waals surface area contributed by atoms with Crippen molar-refractivity contribution in [2.45, 2.75) is 26.2 Å². The molecule has 0 saturated heterocycles. The van der Waals surface area contributed by atoms with Gasteiger partial charge in [0.25, 0.3) is 5.92 Å². The van der Waals surface area contributed by atoms with E-state index >= 15 is 0 Å². The van der Waals surface area contributed by atoms with E-state index in [0.29, 0.717) is 29.0 Å². The standard InChI is InChI=1S/C25H18F2N4O/c1-16-8-10-21-22(14-17-5-3-6-18(13-17)25(2,26)27)30-32-24(21)20(16)11-9-19-15-28-23-7-4-12-29-31(19)23/h3-8,10,12-13,15H,14H2,1-2H3. The maximum atomic E-state index is 13.7. The molecule has 0 saturated carbocycles. The van der Waals surface area contributed by atoms with E-state index in [-0.39, 0.29) is 5.56 Å². The van der Waals surface area contributed by atoms with Crippen LogP contribution < -0.4 is 0 Å². The van der Waals surface area contributed by atoms with Crippen LogP contribution in [0.5, 0.6) is 0 Å². The van der Waals surface area contributed by atoms with E-state index in [2.05, 4.69) is 27.1 Å². The lowest BCUT2D eigenvalue weighted by Crippen LogP contribution is -2.07. The highest BCUT2D eigenvalue weighted by Gasteiger charge is 2.24. The number of hydrogen-bond donors (Lipinski definition) is 0. The van der Waals surface area contributed by atoms with E-state index in [4.69, 9.17) is 4.52 Å². The maximum absolute atomic E-state index is 13.7. The van der Waals surface area contributed by atoms with Crippen LogP contribution in [0.25, 0.3) is 16.6 Å². The van der Waals surface area contributed by atoms with Gasteiger partial charge in [0.15, 0.2) is 11.2 Å². The van der Waals surface area contributed by atoms with Gasteiger partial charge in [-0.25, -0.2) is 18.3 Å². The fourth-order valence-corrected chi connectivity index (χ4v) is 3.62. The van der Waals surface area contributed by atoms with E-state index in [0.717, 1.165) is 29.0 Å². The van der Waals surface area contributed by atoms with Gasteiger partial charge >= 0.3 is 0 Å². The highest BCUT2D eigenvalue weighted by molar-refractivity contribution is 5.86. The minimum absolute atomic E-state index is 0.0214. The molecule has 3 heterocycles. The van der Waals surface area contributed by atoms with E-state index in [9.17, 15) is 8.78 Å². The predicted molar refractivity (Wildman–Crippen MR) is 117 cm³/mol. The van der Waals surface area contributed by atoms with Crippen LogP contribution >= 0.6 is 0 Å². The molecule has 32 heavy (non-hydrogen) atoms. The molecule has 0 aliphatic heterocycles. The topological polar surface area (TPSA) is 56.2 Å². The van der Waals surface area contributed by atoms with Crippen molar-refractivity contribution in [1.29, 1.82) is 0 Å². The molecule has 0 unspecified atom stereocenters. The molecule has 5 aromatic rings. The van der Waals surface area contributed by atoms with Crippen molar-refractivity contribution >= 4 is 16.6 Å². The third-order valence-electron chi connectivity index (χ3n) is 5.32. The number of fused-ring (bicyclic) bond motifs is 2. The quantitative estimate of drug-likeness (QED) is 0.367. The summed E-state index contributed by atoms with van der Waals surface area (Å²) in [5.41, 5.74) is 5.02. The minimum atomic E-state index is -2.89. The van der Waals surface area contributed by atoms with Gasteiger partial charge in [0.1, 0.15) is 5.69 Å². The van der Waals surface area contributed by atoms with Crippen molar-refractivity contribution in [2.75, 3.05) is 0 Å². The number of hydrogen-bond acceptors (Lipinski definition) is 4. The van der Waals surface area contributed by atoms with Crippen molar-refractivity contribution in [3.05, 3.63) is 94.6 Å². The summed E-state index contributed by atoms with van der Waals surface area (Å²) in [6.07, 6.45) is 3.73. The van der Waals surface area contributed by atoms with Crippen LogP contribution in [0.15, 0.2) is 65.4 Å². The van der Waals surface area contributed by atoms with Crippen molar-refractivity contribution in [3.63, 3.8) is 0 Å². The zero-order chi connectivity index (χ0) is 22.3. The number of nitrogens with zero attached hydrogens (tertiary/aromatic N) is 4. The zero-order valence-corrected chi connectivity index (χ0v) is 17.4. The summed E-state index contributed by atoms with van der Waals surface area (Å²) in [7, 11) is 0. The Kier molecular flexibility index (Phi) is 4.71. The first-order chi connectivity index (χ1) is 15.4. The second-order valence-corrected chi connectivity index (χ2v) is 7.72. The molecular weight excluding hydrogens is 410 g/mol. The van der Waals surface area contributed by atoms with Gasteiger partial charge in [0, 0.05) is 30.5 Å². The molecule has 2 aromatic carbocycles. The lowest BCUT2D eigenvalue weighted by molar-refractivity contribution is 0.0174. The van der Waals surface area contributed by atoms with Crippen molar-refractivity contribution in [3.8, 4) is 11.8 Å². The number of rotatable bonds is 3. The molecule has 3 aromatic heterocycles. The van der Waals surface area contributed by atoms with Gasteiger partial charge in [-0.1, -0.05) is 35.3 Å². The first-order valence-electron chi connectivity index (χ1n) is 10.1. The Balaban J connectivity index is 1.53. The Labute approximate surface area is 182 Å².